The predicted molar refractivity (Wildman–Crippen MR) is 119 cm³/mol. The second-order valence-corrected chi connectivity index (χ2v) is 8.08. The minimum absolute atomic E-state index is 0.0248. The van der Waals surface area contributed by atoms with Crippen LogP contribution in [0.2, 0.25) is 0 Å². The first kappa shape index (κ1) is 20.3. The number of likely N-dealkylation sites (tertiary alicyclic amines) is 1. The smallest absolute Gasteiger partial charge is 0.317 e. The van der Waals surface area contributed by atoms with Gasteiger partial charge in [-0.1, -0.05) is 30.3 Å². The molecule has 6 nitrogen and oxygen atoms in total. The van der Waals surface area contributed by atoms with Crippen LogP contribution in [0.3, 0.4) is 0 Å². The predicted octanol–water partition coefficient (Wildman–Crippen LogP) is 3.17. The van der Waals surface area contributed by atoms with Crippen LogP contribution in [0, 0.1) is 0 Å². The van der Waals surface area contributed by atoms with Crippen molar-refractivity contribution in [2.24, 2.45) is 0 Å². The van der Waals surface area contributed by atoms with Crippen molar-refractivity contribution < 1.29 is 9.59 Å². The number of para-hydroxylation sites is 1. The van der Waals surface area contributed by atoms with E-state index in [2.05, 4.69) is 40.5 Å². The highest BCUT2D eigenvalue weighted by Gasteiger charge is 2.26. The lowest BCUT2D eigenvalue weighted by atomic mass is 9.89. The summed E-state index contributed by atoms with van der Waals surface area (Å²) >= 11 is 0. The number of piperidine rings is 1. The van der Waals surface area contributed by atoms with Gasteiger partial charge in [0.05, 0.1) is 0 Å². The molecule has 6 heteroatoms. The maximum absolute atomic E-state index is 13.1. The molecule has 2 aromatic rings. The third-order valence-electron chi connectivity index (χ3n) is 6.22. The molecule has 30 heavy (non-hydrogen) atoms. The van der Waals surface area contributed by atoms with Crippen LogP contribution >= 0.6 is 0 Å². The molecule has 2 saturated heterocycles. The molecule has 3 amide bonds. The number of piperazine rings is 1. The molecule has 0 saturated carbocycles. The summed E-state index contributed by atoms with van der Waals surface area (Å²) in [6.45, 7) is 4.64. The van der Waals surface area contributed by atoms with Crippen molar-refractivity contribution in [3.63, 3.8) is 0 Å². The van der Waals surface area contributed by atoms with Gasteiger partial charge in [0.2, 0.25) is 0 Å². The van der Waals surface area contributed by atoms with E-state index in [0.29, 0.717) is 6.54 Å². The zero-order chi connectivity index (χ0) is 20.9. The lowest BCUT2D eigenvalue weighted by Crippen LogP contribution is -2.48. The molecule has 0 bridgehead atoms. The summed E-state index contributed by atoms with van der Waals surface area (Å²) in [7, 11) is 1.67. The Bertz CT molecular complexity index is 878. The Hall–Kier alpha value is -3.02. The number of urea groups is 1. The second-order valence-electron chi connectivity index (χ2n) is 8.08. The third-order valence-corrected chi connectivity index (χ3v) is 6.22. The highest BCUT2D eigenvalue weighted by Crippen LogP contribution is 2.28. The van der Waals surface area contributed by atoms with E-state index in [1.54, 1.807) is 7.05 Å². The van der Waals surface area contributed by atoms with Crippen molar-refractivity contribution in [3.05, 3.63) is 65.7 Å². The highest BCUT2D eigenvalue weighted by molar-refractivity contribution is 5.94. The van der Waals surface area contributed by atoms with Gasteiger partial charge < -0.3 is 20.0 Å². The van der Waals surface area contributed by atoms with Crippen LogP contribution in [-0.2, 0) is 0 Å². The first-order chi connectivity index (χ1) is 14.7. The van der Waals surface area contributed by atoms with Crippen molar-refractivity contribution in [1.82, 2.24) is 15.1 Å². The zero-order valence-electron chi connectivity index (χ0n) is 17.6. The third kappa shape index (κ3) is 4.42. The maximum atomic E-state index is 13.1. The number of rotatable bonds is 3. The van der Waals surface area contributed by atoms with Crippen LogP contribution in [0.4, 0.5) is 10.5 Å². The molecule has 2 aliphatic heterocycles. The molecule has 2 aromatic carbocycles. The Morgan fingerprint density at radius 1 is 0.900 bits per heavy atom. The standard InChI is InChI=1S/C24H30N4O2/c1-25-24(30)28-12-6-9-21(18-28)19-7-5-8-20(17-19)23(29)27-15-13-26(14-16-27)22-10-3-2-4-11-22/h2-5,7-8,10-11,17,21H,6,9,12-16,18H2,1H3,(H,25,30)/t21-/m0/s1. The number of hydrogen-bond acceptors (Lipinski definition) is 3. The number of hydrogen-bond donors (Lipinski definition) is 1. The summed E-state index contributed by atoms with van der Waals surface area (Å²) < 4.78 is 0. The first-order valence-corrected chi connectivity index (χ1v) is 10.8. The summed E-state index contributed by atoms with van der Waals surface area (Å²) in [6.07, 6.45) is 2.03. The molecule has 0 aromatic heterocycles. The van der Waals surface area contributed by atoms with E-state index in [9.17, 15) is 9.59 Å². The zero-order valence-corrected chi connectivity index (χ0v) is 17.6. The molecule has 2 aliphatic rings. The second kappa shape index (κ2) is 9.20. The molecule has 2 fully saturated rings. The van der Waals surface area contributed by atoms with Crippen molar-refractivity contribution >= 4 is 17.6 Å². The molecular weight excluding hydrogens is 376 g/mol. The van der Waals surface area contributed by atoms with Gasteiger partial charge in [-0.3, -0.25) is 4.79 Å². The molecular formula is C24H30N4O2. The number of anilines is 1. The van der Waals surface area contributed by atoms with Gasteiger partial charge >= 0.3 is 6.03 Å². The fraction of sp³-hybridized carbons (Fsp3) is 0.417. The van der Waals surface area contributed by atoms with Crippen LogP contribution < -0.4 is 10.2 Å². The Morgan fingerprint density at radius 3 is 2.40 bits per heavy atom. The van der Waals surface area contributed by atoms with Gasteiger partial charge in [-0.15, -0.1) is 0 Å². The van der Waals surface area contributed by atoms with E-state index in [1.807, 2.05) is 34.1 Å². The summed E-state index contributed by atoms with van der Waals surface area (Å²) in [4.78, 5) is 31.3. The number of nitrogens with one attached hydrogen (secondary N) is 1. The average molecular weight is 407 g/mol. The Labute approximate surface area is 178 Å². The SMILES string of the molecule is CNC(=O)N1CCC[C@H](c2cccc(C(=O)N3CCN(c4ccccc4)CC3)c2)C1. The van der Waals surface area contributed by atoms with Crippen LogP contribution in [0.5, 0.6) is 0 Å². The molecule has 1 atom stereocenters. The van der Waals surface area contributed by atoms with E-state index in [0.717, 1.165) is 56.7 Å². The van der Waals surface area contributed by atoms with E-state index in [-0.39, 0.29) is 17.9 Å². The number of carbonyl (C=O) groups is 2. The molecule has 4 rings (SSSR count). The average Bonchev–Trinajstić information content (AvgIpc) is 2.84. The molecule has 0 unspecified atom stereocenters. The van der Waals surface area contributed by atoms with Crippen LogP contribution in [0.15, 0.2) is 54.6 Å². The van der Waals surface area contributed by atoms with Crippen molar-refractivity contribution in [2.75, 3.05) is 51.2 Å². The quantitative estimate of drug-likeness (QED) is 0.852. The summed E-state index contributed by atoms with van der Waals surface area (Å²) in [6, 6.07) is 18.3. The molecule has 158 valence electrons. The van der Waals surface area contributed by atoms with E-state index in [1.165, 1.54) is 5.69 Å². The van der Waals surface area contributed by atoms with Gasteiger partial charge in [0.15, 0.2) is 0 Å². The normalized spacial score (nSPS) is 19.5. The van der Waals surface area contributed by atoms with Crippen molar-refractivity contribution in [2.45, 2.75) is 18.8 Å². The van der Waals surface area contributed by atoms with Gasteiger partial charge in [-0.25, -0.2) is 4.79 Å². The fourth-order valence-corrected chi connectivity index (χ4v) is 4.51. The van der Waals surface area contributed by atoms with Crippen LogP contribution in [0.25, 0.3) is 0 Å². The summed E-state index contributed by atoms with van der Waals surface area (Å²) in [5.41, 5.74) is 3.11. The van der Waals surface area contributed by atoms with Gasteiger partial charge in [0.1, 0.15) is 0 Å². The Morgan fingerprint density at radius 2 is 1.67 bits per heavy atom. The lowest BCUT2D eigenvalue weighted by molar-refractivity contribution is 0.0746. The molecule has 0 radical (unpaired) electrons. The molecule has 0 aliphatic carbocycles. The van der Waals surface area contributed by atoms with Gasteiger partial charge in [0.25, 0.3) is 5.91 Å². The molecule has 2 heterocycles. The topological polar surface area (TPSA) is 55.9 Å². The lowest BCUT2D eigenvalue weighted by Gasteiger charge is -2.36. The summed E-state index contributed by atoms with van der Waals surface area (Å²) in [5, 5.41) is 2.72. The first-order valence-electron chi connectivity index (χ1n) is 10.8. The molecule has 1 N–H and O–H groups in total. The van der Waals surface area contributed by atoms with E-state index in [4.69, 9.17) is 0 Å². The largest absolute Gasteiger partial charge is 0.368 e. The highest BCUT2D eigenvalue weighted by atomic mass is 16.2. The number of carbonyl (C=O) groups excluding carboxylic acids is 2. The van der Waals surface area contributed by atoms with Gasteiger partial charge in [-0.2, -0.15) is 0 Å². The van der Waals surface area contributed by atoms with Crippen molar-refractivity contribution in [1.29, 1.82) is 0 Å². The van der Waals surface area contributed by atoms with Crippen LogP contribution in [0.1, 0.15) is 34.7 Å². The summed E-state index contributed by atoms with van der Waals surface area (Å²) in [5.74, 6) is 0.377. The Kier molecular flexibility index (Phi) is 6.21. The molecule has 0 spiro atoms. The van der Waals surface area contributed by atoms with Gasteiger partial charge in [0, 0.05) is 63.5 Å². The minimum Gasteiger partial charge on any atom is -0.368 e. The van der Waals surface area contributed by atoms with Crippen molar-refractivity contribution in [3.8, 4) is 0 Å². The van der Waals surface area contributed by atoms with Crippen LogP contribution in [-0.4, -0.2) is 68.1 Å². The number of amides is 3. The Balaban J connectivity index is 1.40. The number of benzene rings is 2. The van der Waals surface area contributed by atoms with E-state index < -0.39 is 0 Å². The van der Waals surface area contributed by atoms with E-state index >= 15 is 0 Å². The minimum atomic E-state index is -0.0248. The van der Waals surface area contributed by atoms with Gasteiger partial charge in [-0.05, 0) is 42.7 Å². The maximum Gasteiger partial charge on any atom is 0.317 e. The monoisotopic (exact) mass is 406 g/mol. The number of nitrogens with zero attached hydrogens (tertiary/aromatic N) is 3. The fourth-order valence-electron chi connectivity index (χ4n) is 4.51.